The van der Waals surface area contributed by atoms with E-state index in [2.05, 4.69) is 36.0 Å². The summed E-state index contributed by atoms with van der Waals surface area (Å²) in [6.07, 6.45) is 4.21. The number of nitrogens with one attached hydrogen (secondary N) is 1. The molecule has 0 saturated carbocycles. The van der Waals surface area contributed by atoms with Crippen molar-refractivity contribution in [2.45, 2.75) is 39.7 Å². The van der Waals surface area contributed by atoms with Gasteiger partial charge in [0.25, 0.3) is 0 Å². The van der Waals surface area contributed by atoms with E-state index in [4.69, 9.17) is 11.6 Å². The average molecular weight is 517 g/mol. The number of hydrogen-bond acceptors (Lipinski definition) is 3. The number of aromatic nitrogens is 1. The minimum atomic E-state index is 0. The molecule has 131 valence electrons. The van der Waals surface area contributed by atoms with Crippen molar-refractivity contribution in [3.8, 4) is 0 Å². The molecule has 1 heterocycles. The van der Waals surface area contributed by atoms with Gasteiger partial charge in [-0.05, 0) is 63.7 Å². The molecule has 2 aromatic rings. The molecule has 0 aliphatic carbocycles. The third kappa shape index (κ3) is 6.09. The predicted octanol–water partition coefficient (Wildman–Crippen LogP) is 4.81. The summed E-state index contributed by atoms with van der Waals surface area (Å²) in [5.41, 5.74) is 2.07. The number of hydrogen-bond donors (Lipinski definition) is 1. The molecule has 1 atom stereocenters. The minimum Gasteiger partial charge on any atom is -0.382 e. The van der Waals surface area contributed by atoms with Gasteiger partial charge in [-0.1, -0.05) is 25.4 Å². The molecular weight excluding hydrogens is 491 g/mol. The molecular formula is C18H26AuClN3. The fraction of sp³-hybridized carbons (Fsp3) is 0.500. The van der Waals surface area contributed by atoms with Gasteiger partial charge in [0.1, 0.15) is 0 Å². The maximum absolute atomic E-state index is 6.04. The number of halogens is 1. The van der Waals surface area contributed by atoms with Crippen molar-refractivity contribution in [3.05, 3.63) is 35.5 Å². The van der Waals surface area contributed by atoms with Crippen LogP contribution in [0.4, 0.5) is 5.69 Å². The number of anilines is 1. The molecule has 0 fully saturated rings. The number of nitrogens with zero attached hydrogens (tertiary/aromatic N) is 2. The molecule has 23 heavy (non-hydrogen) atoms. The Labute approximate surface area is 160 Å². The van der Waals surface area contributed by atoms with Crippen LogP contribution in [0.1, 0.15) is 33.6 Å². The van der Waals surface area contributed by atoms with Crippen LogP contribution in [0.2, 0.25) is 5.02 Å². The van der Waals surface area contributed by atoms with Crippen LogP contribution >= 0.6 is 11.6 Å². The van der Waals surface area contributed by atoms with E-state index in [0.29, 0.717) is 6.04 Å². The van der Waals surface area contributed by atoms with Crippen molar-refractivity contribution in [2.24, 2.45) is 0 Å². The number of fused-ring (bicyclic) bond motifs is 1. The van der Waals surface area contributed by atoms with Gasteiger partial charge >= 0.3 is 0 Å². The van der Waals surface area contributed by atoms with Crippen molar-refractivity contribution in [1.82, 2.24) is 9.88 Å². The van der Waals surface area contributed by atoms with E-state index in [-0.39, 0.29) is 22.4 Å². The van der Waals surface area contributed by atoms with Gasteiger partial charge in [0.2, 0.25) is 0 Å². The quantitative estimate of drug-likeness (QED) is 0.511. The molecule has 1 aromatic carbocycles. The summed E-state index contributed by atoms with van der Waals surface area (Å²) < 4.78 is 0. The van der Waals surface area contributed by atoms with E-state index < -0.39 is 0 Å². The Morgan fingerprint density at radius 2 is 1.96 bits per heavy atom. The normalized spacial score (nSPS) is 12.2. The molecule has 5 heteroatoms. The first-order chi connectivity index (χ1) is 10.6. The molecule has 0 amide bonds. The standard InChI is InChI=1S/C18H26ClN3.Au/c1-4-22(5-2)12-6-7-14(3)21-17-10-11-20-18-13-15(19)8-9-16(17)18;/h8-11,13-14H,4-7,12H2,1-3H3,(H,20,21);. The van der Waals surface area contributed by atoms with E-state index in [1.807, 2.05) is 30.5 Å². The van der Waals surface area contributed by atoms with E-state index in [9.17, 15) is 0 Å². The van der Waals surface area contributed by atoms with E-state index in [1.165, 1.54) is 13.0 Å². The number of benzene rings is 1. The topological polar surface area (TPSA) is 28.2 Å². The number of rotatable bonds is 8. The summed E-state index contributed by atoms with van der Waals surface area (Å²) in [4.78, 5) is 6.86. The van der Waals surface area contributed by atoms with E-state index in [1.54, 1.807) is 0 Å². The van der Waals surface area contributed by atoms with Crippen molar-refractivity contribution >= 4 is 28.2 Å². The van der Waals surface area contributed by atoms with Crippen molar-refractivity contribution < 1.29 is 22.4 Å². The van der Waals surface area contributed by atoms with Crippen molar-refractivity contribution in [1.29, 1.82) is 0 Å². The van der Waals surface area contributed by atoms with Crippen LogP contribution in [-0.2, 0) is 22.4 Å². The fourth-order valence-electron chi connectivity index (χ4n) is 2.75. The van der Waals surface area contributed by atoms with Crippen LogP contribution in [0.15, 0.2) is 30.5 Å². The molecule has 1 radical (unpaired) electrons. The van der Waals surface area contributed by atoms with Crippen LogP contribution in [0, 0.1) is 0 Å². The summed E-state index contributed by atoms with van der Waals surface area (Å²) in [6.45, 7) is 10.1. The minimum absolute atomic E-state index is 0. The van der Waals surface area contributed by atoms with Gasteiger partial charge in [-0.3, -0.25) is 4.98 Å². The molecule has 0 aliphatic rings. The summed E-state index contributed by atoms with van der Waals surface area (Å²) in [5.74, 6) is 0. The Balaban J connectivity index is 0.00000264. The van der Waals surface area contributed by atoms with Gasteiger partial charge in [-0.2, -0.15) is 0 Å². The Hall–Kier alpha value is -0.580. The molecule has 1 aromatic heterocycles. The first kappa shape index (κ1) is 20.5. The van der Waals surface area contributed by atoms with Crippen LogP contribution in [0.3, 0.4) is 0 Å². The molecule has 2 rings (SSSR count). The maximum atomic E-state index is 6.04. The Bertz CT molecular complexity index is 602. The van der Waals surface area contributed by atoms with E-state index >= 15 is 0 Å². The molecule has 0 saturated heterocycles. The molecule has 3 nitrogen and oxygen atoms in total. The van der Waals surface area contributed by atoms with Crippen LogP contribution in [-0.4, -0.2) is 35.6 Å². The monoisotopic (exact) mass is 516 g/mol. The summed E-state index contributed by atoms with van der Waals surface area (Å²) in [5, 5.41) is 5.47. The molecule has 0 spiro atoms. The zero-order chi connectivity index (χ0) is 15.9. The largest absolute Gasteiger partial charge is 0.382 e. The van der Waals surface area contributed by atoms with Gasteiger partial charge in [-0.25, -0.2) is 0 Å². The smallest absolute Gasteiger partial charge is 0.0737 e. The molecule has 0 bridgehead atoms. The average Bonchev–Trinajstić information content (AvgIpc) is 2.51. The maximum Gasteiger partial charge on any atom is 0.0737 e. The zero-order valence-corrected chi connectivity index (χ0v) is 17.0. The molecule has 0 aliphatic heterocycles. The van der Waals surface area contributed by atoms with Crippen molar-refractivity contribution in [3.63, 3.8) is 0 Å². The Kier molecular flexibility index (Phi) is 9.18. The van der Waals surface area contributed by atoms with Gasteiger partial charge in [-0.15, -0.1) is 0 Å². The first-order valence-corrected chi connectivity index (χ1v) is 8.55. The molecule has 1 unspecified atom stereocenters. The van der Waals surface area contributed by atoms with Gasteiger partial charge in [0, 0.05) is 50.7 Å². The van der Waals surface area contributed by atoms with Crippen LogP contribution < -0.4 is 5.32 Å². The van der Waals surface area contributed by atoms with Gasteiger partial charge in [0.15, 0.2) is 0 Å². The second kappa shape index (κ2) is 10.3. The second-order valence-electron chi connectivity index (χ2n) is 5.73. The SMILES string of the molecule is CCN(CC)CCCC(C)Nc1ccnc2cc(Cl)ccc12.[Au]. The molecule has 1 N–H and O–H groups in total. The fourth-order valence-corrected chi connectivity index (χ4v) is 2.91. The number of pyridine rings is 1. The zero-order valence-electron chi connectivity index (χ0n) is 14.1. The first-order valence-electron chi connectivity index (χ1n) is 8.17. The van der Waals surface area contributed by atoms with Gasteiger partial charge < -0.3 is 10.2 Å². The van der Waals surface area contributed by atoms with Crippen LogP contribution in [0.5, 0.6) is 0 Å². The third-order valence-corrected chi connectivity index (χ3v) is 4.35. The second-order valence-corrected chi connectivity index (χ2v) is 6.17. The Morgan fingerprint density at radius 1 is 1.22 bits per heavy atom. The summed E-state index contributed by atoms with van der Waals surface area (Å²) >= 11 is 6.04. The van der Waals surface area contributed by atoms with Crippen molar-refractivity contribution in [2.75, 3.05) is 25.0 Å². The third-order valence-electron chi connectivity index (χ3n) is 4.11. The Morgan fingerprint density at radius 3 is 2.65 bits per heavy atom. The predicted molar refractivity (Wildman–Crippen MR) is 96.9 cm³/mol. The van der Waals surface area contributed by atoms with Gasteiger partial charge in [0.05, 0.1) is 5.52 Å². The summed E-state index contributed by atoms with van der Waals surface area (Å²) in [6, 6.07) is 8.35. The van der Waals surface area contributed by atoms with Crippen LogP contribution in [0.25, 0.3) is 10.9 Å². The van der Waals surface area contributed by atoms with E-state index in [0.717, 1.165) is 41.1 Å². The summed E-state index contributed by atoms with van der Waals surface area (Å²) in [7, 11) is 0.